The lowest BCUT2D eigenvalue weighted by atomic mass is 10.1. The van der Waals surface area contributed by atoms with Crippen molar-refractivity contribution < 1.29 is 28.8 Å². The number of hydrogen-bond acceptors (Lipinski definition) is 6. The van der Waals surface area contributed by atoms with Gasteiger partial charge in [0.05, 0.1) is 13.2 Å². The van der Waals surface area contributed by atoms with Gasteiger partial charge >= 0.3 is 0 Å². The minimum Gasteiger partial charge on any atom is -0.491 e. The lowest BCUT2D eigenvalue weighted by Crippen LogP contribution is -2.19. The number of rotatable bonds is 10. The number of aliphatic hydroxyl groups is 1. The van der Waals surface area contributed by atoms with Crippen molar-refractivity contribution in [1.29, 1.82) is 0 Å². The third-order valence-corrected chi connectivity index (χ3v) is 4.10. The van der Waals surface area contributed by atoms with E-state index in [0.717, 1.165) is 18.8 Å². The number of benzene rings is 2. The highest BCUT2D eigenvalue weighted by Crippen LogP contribution is 2.33. The first kappa shape index (κ1) is 17.1. The molecule has 2 aliphatic heterocycles. The summed E-state index contributed by atoms with van der Waals surface area (Å²) in [6.07, 6.45) is -0.294. The molecule has 0 spiro atoms. The molecule has 0 bridgehead atoms. The summed E-state index contributed by atoms with van der Waals surface area (Å²) in [4.78, 5) is 0. The van der Waals surface area contributed by atoms with Crippen LogP contribution in [0.2, 0.25) is 0 Å². The fourth-order valence-electron chi connectivity index (χ4n) is 2.49. The maximum atomic E-state index is 10.3. The smallest absolute Gasteiger partial charge is 0.201 e. The van der Waals surface area contributed by atoms with Crippen molar-refractivity contribution in [2.45, 2.75) is 24.9 Å². The van der Waals surface area contributed by atoms with Crippen LogP contribution in [0.5, 0.6) is 17.2 Å². The van der Waals surface area contributed by atoms with Crippen LogP contribution in [0, 0.1) is 0 Å². The summed E-state index contributed by atoms with van der Waals surface area (Å²) < 4.78 is 27.5. The average molecular weight is 358 g/mol. The van der Waals surface area contributed by atoms with Crippen molar-refractivity contribution in [1.82, 2.24) is 0 Å². The SMILES string of the molecule is OC(Cc1ccccc1)Oc1cc(OCC2CO2)ccc1OCC1CO1. The Balaban J connectivity index is 1.42. The molecule has 2 aromatic rings. The Morgan fingerprint density at radius 1 is 0.923 bits per heavy atom. The van der Waals surface area contributed by atoms with E-state index >= 15 is 0 Å². The molecule has 0 amide bonds. The van der Waals surface area contributed by atoms with Crippen molar-refractivity contribution in [3.05, 3.63) is 54.1 Å². The summed E-state index contributed by atoms with van der Waals surface area (Å²) in [5.41, 5.74) is 0.993. The third kappa shape index (κ3) is 5.11. The summed E-state index contributed by atoms with van der Waals surface area (Å²) in [7, 11) is 0. The zero-order chi connectivity index (χ0) is 17.8. The van der Waals surface area contributed by atoms with Gasteiger partial charge < -0.3 is 28.8 Å². The minimum absolute atomic E-state index is 0.139. The summed E-state index contributed by atoms with van der Waals surface area (Å²) in [6.45, 7) is 2.42. The van der Waals surface area contributed by atoms with Crippen LogP contribution in [0.3, 0.4) is 0 Å². The van der Waals surface area contributed by atoms with E-state index in [4.69, 9.17) is 23.7 Å². The van der Waals surface area contributed by atoms with E-state index in [-0.39, 0.29) is 12.2 Å². The molecule has 4 rings (SSSR count). The first-order chi connectivity index (χ1) is 12.8. The lowest BCUT2D eigenvalue weighted by Gasteiger charge is -2.18. The summed E-state index contributed by atoms with van der Waals surface area (Å²) in [5, 5.41) is 10.3. The number of hydrogen-bond donors (Lipinski definition) is 1. The molecule has 2 heterocycles. The number of epoxide rings is 2. The zero-order valence-electron chi connectivity index (χ0n) is 14.4. The highest BCUT2D eigenvalue weighted by molar-refractivity contribution is 5.45. The second kappa shape index (κ2) is 7.95. The average Bonchev–Trinajstić information content (AvgIpc) is 3.55. The maximum Gasteiger partial charge on any atom is 0.201 e. The third-order valence-electron chi connectivity index (χ3n) is 4.10. The molecular formula is C20H22O6. The molecule has 6 nitrogen and oxygen atoms in total. The van der Waals surface area contributed by atoms with Gasteiger partial charge in [-0.05, 0) is 17.7 Å². The molecule has 0 radical (unpaired) electrons. The van der Waals surface area contributed by atoms with Crippen molar-refractivity contribution in [3.8, 4) is 17.2 Å². The highest BCUT2D eigenvalue weighted by Gasteiger charge is 2.25. The zero-order valence-corrected chi connectivity index (χ0v) is 14.4. The summed E-state index contributed by atoms with van der Waals surface area (Å²) in [6, 6.07) is 15.0. The number of ether oxygens (including phenoxy) is 5. The largest absolute Gasteiger partial charge is 0.491 e. The van der Waals surface area contributed by atoms with Gasteiger partial charge in [-0.3, -0.25) is 0 Å². The van der Waals surface area contributed by atoms with Gasteiger partial charge in [0, 0.05) is 12.5 Å². The van der Waals surface area contributed by atoms with Gasteiger partial charge in [-0.1, -0.05) is 30.3 Å². The second-order valence-electron chi connectivity index (χ2n) is 6.40. The van der Waals surface area contributed by atoms with Gasteiger partial charge in [0.25, 0.3) is 0 Å². The van der Waals surface area contributed by atoms with Crippen molar-refractivity contribution in [2.24, 2.45) is 0 Å². The Hall–Kier alpha value is -2.28. The molecule has 2 fully saturated rings. The Morgan fingerprint density at radius 3 is 2.31 bits per heavy atom. The molecule has 2 saturated heterocycles. The molecule has 6 heteroatoms. The Labute approximate surface area is 152 Å². The van der Waals surface area contributed by atoms with E-state index in [0.29, 0.717) is 36.9 Å². The Bertz CT molecular complexity index is 711. The molecule has 3 unspecified atom stereocenters. The molecule has 0 saturated carbocycles. The van der Waals surface area contributed by atoms with Crippen LogP contribution in [0.4, 0.5) is 0 Å². The van der Waals surface area contributed by atoms with Gasteiger partial charge in [-0.2, -0.15) is 0 Å². The highest BCUT2D eigenvalue weighted by atomic mass is 16.6. The molecule has 2 aliphatic rings. The Morgan fingerprint density at radius 2 is 1.62 bits per heavy atom. The quantitative estimate of drug-likeness (QED) is 0.518. The first-order valence-electron chi connectivity index (χ1n) is 8.78. The molecule has 1 N–H and O–H groups in total. The van der Waals surface area contributed by atoms with Crippen LogP contribution >= 0.6 is 0 Å². The van der Waals surface area contributed by atoms with E-state index in [1.807, 2.05) is 36.4 Å². The van der Waals surface area contributed by atoms with E-state index < -0.39 is 6.29 Å². The summed E-state index contributed by atoms with van der Waals surface area (Å²) >= 11 is 0. The molecular weight excluding hydrogens is 336 g/mol. The van der Waals surface area contributed by atoms with Gasteiger partial charge in [0.15, 0.2) is 11.5 Å². The van der Waals surface area contributed by atoms with E-state index in [9.17, 15) is 5.11 Å². The standard InChI is InChI=1S/C20H22O6/c21-20(8-14-4-2-1-3-5-14)26-19-9-15(22-10-16-11-23-16)6-7-18(19)25-13-17-12-24-17/h1-7,9,16-17,20-21H,8,10-13H2. The van der Waals surface area contributed by atoms with Gasteiger partial charge in [0.1, 0.15) is 31.2 Å². The van der Waals surface area contributed by atoms with Crippen LogP contribution in [-0.2, 0) is 15.9 Å². The van der Waals surface area contributed by atoms with Gasteiger partial charge in [0.2, 0.25) is 6.29 Å². The normalized spacial score (nSPS) is 21.7. The molecule has 0 aliphatic carbocycles. The van der Waals surface area contributed by atoms with Crippen LogP contribution in [-0.4, -0.2) is 50.0 Å². The predicted molar refractivity (Wildman–Crippen MR) is 93.7 cm³/mol. The van der Waals surface area contributed by atoms with Crippen LogP contribution < -0.4 is 14.2 Å². The van der Waals surface area contributed by atoms with Crippen LogP contribution in [0.1, 0.15) is 5.56 Å². The summed E-state index contributed by atoms with van der Waals surface area (Å²) in [5.74, 6) is 1.66. The van der Waals surface area contributed by atoms with E-state index in [1.165, 1.54) is 0 Å². The van der Waals surface area contributed by atoms with Gasteiger partial charge in [-0.25, -0.2) is 0 Å². The number of aliphatic hydroxyl groups excluding tert-OH is 1. The van der Waals surface area contributed by atoms with Crippen molar-refractivity contribution >= 4 is 0 Å². The molecule has 26 heavy (non-hydrogen) atoms. The molecule has 0 aromatic heterocycles. The van der Waals surface area contributed by atoms with E-state index in [1.54, 1.807) is 12.1 Å². The molecule has 2 aromatic carbocycles. The van der Waals surface area contributed by atoms with Crippen molar-refractivity contribution in [3.63, 3.8) is 0 Å². The maximum absolute atomic E-state index is 10.3. The Kier molecular flexibility index (Phi) is 5.24. The van der Waals surface area contributed by atoms with Crippen molar-refractivity contribution in [2.75, 3.05) is 26.4 Å². The van der Waals surface area contributed by atoms with Crippen LogP contribution in [0.25, 0.3) is 0 Å². The molecule has 138 valence electrons. The predicted octanol–water partition coefficient (Wildman–Crippen LogP) is 2.18. The van der Waals surface area contributed by atoms with Gasteiger partial charge in [-0.15, -0.1) is 0 Å². The first-order valence-corrected chi connectivity index (χ1v) is 8.78. The monoisotopic (exact) mass is 358 g/mol. The minimum atomic E-state index is -0.987. The van der Waals surface area contributed by atoms with Crippen LogP contribution in [0.15, 0.2) is 48.5 Å². The fourth-order valence-corrected chi connectivity index (χ4v) is 2.49. The van der Waals surface area contributed by atoms with E-state index in [2.05, 4.69) is 0 Å². The lowest BCUT2D eigenvalue weighted by molar-refractivity contribution is -0.0180. The molecule has 3 atom stereocenters. The fraction of sp³-hybridized carbons (Fsp3) is 0.400. The second-order valence-corrected chi connectivity index (χ2v) is 6.40. The topological polar surface area (TPSA) is 73.0 Å².